The standard InChI is InChI=1S/C15H19N3O2/c1-10-9-17(2)5-6-18(10)15(19)14-8-11-7-12(16)3-4-13(11)20-14/h3-4,7-8,10H,5-6,9,16H2,1-2H3. The fourth-order valence-electron chi connectivity index (χ4n) is 2.75. The van der Waals surface area contributed by atoms with Crippen molar-refractivity contribution in [3.05, 3.63) is 30.0 Å². The van der Waals surface area contributed by atoms with E-state index < -0.39 is 0 Å². The van der Waals surface area contributed by atoms with Gasteiger partial charge in [-0.25, -0.2) is 0 Å². The zero-order valence-electron chi connectivity index (χ0n) is 11.8. The second-order valence-corrected chi connectivity index (χ2v) is 5.52. The van der Waals surface area contributed by atoms with E-state index in [1.54, 1.807) is 18.2 Å². The summed E-state index contributed by atoms with van der Waals surface area (Å²) < 4.78 is 5.65. The number of nitrogens with zero attached hydrogens (tertiary/aromatic N) is 2. The molecule has 1 aliphatic heterocycles. The van der Waals surface area contributed by atoms with Gasteiger partial charge in [0.15, 0.2) is 5.76 Å². The Labute approximate surface area is 117 Å². The lowest BCUT2D eigenvalue weighted by molar-refractivity contribution is 0.0505. The van der Waals surface area contributed by atoms with Crippen LogP contribution in [0.5, 0.6) is 0 Å². The fourth-order valence-corrected chi connectivity index (χ4v) is 2.75. The molecule has 1 aromatic carbocycles. The molecule has 1 fully saturated rings. The number of furan rings is 1. The first kappa shape index (κ1) is 13.0. The Kier molecular flexibility index (Phi) is 3.14. The van der Waals surface area contributed by atoms with Crippen LogP contribution < -0.4 is 5.73 Å². The van der Waals surface area contributed by atoms with Gasteiger partial charge in [0.2, 0.25) is 0 Å². The van der Waals surface area contributed by atoms with Gasteiger partial charge in [0.25, 0.3) is 5.91 Å². The minimum atomic E-state index is -0.0413. The summed E-state index contributed by atoms with van der Waals surface area (Å²) >= 11 is 0. The number of carbonyl (C=O) groups excluding carboxylic acids is 1. The Bertz CT molecular complexity index is 650. The summed E-state index contributed by atoms with van der Waals surface area (Å²) in [5.74, 6) is 0.349. The Hall–Kier alpha value is -2.01. The van der Waals surface area contributed by atoms with Crippen molar-refractivity contribution in [3.63, 3.8) is 0 Å². The molecule has 3 rings (SSSR count). The molecule has 1 atom stereocenters. The molecule has 0 aliphatic carbocycles. The number of rotatable bonds is 1. The molecule has 2 aromatic rings. The summed E-state index contributed by atoms with van der Waals surface area (Å²) in [6, 6.07) is 7.37. The van der Waals surface area contributed by atoms with Crippen molar-refractivity contribution >= 4 is 22.6 Å². The van der Waals surface area contributed by atoms with Crippen molar-refractivity contribution in [2.75, 3.05) is 32.4 Å². The molecular weight excluding hydrogens is 254 g/mol. The van der Waals surface area contributed by atoms with E-state index in [9.17, 15) is 4.79 Å². The molecule has 2 heterocycles. The first-order valence-corrected chi connectivity index (χ1v) is 6.83. The molecule has 0 bridgehead atoms. The highest BCUT2D eigenvalue weighted by Crippen LogP contribution is 2.23. The van der Waals surface area contributed by atoms with Gasteiger partial charge in [-0.05, 0) is 38.2 Å². The molecule has 1 aliphatic rings. The van der Waals surface area contributed by atoms with Gasteiger partial charge in [0.1, 0.15) is 5.58 Å². The average Bonchev–Trinajstić information content (AvgIpc) is 2.81. The molecular formula is C15H19N3O2. The zero-order chi connectivity index (χ0) is 14.3. The third kappa shape index (κ3) is 2.25. The van der Waals surface area contributed by atoms with E-state index in [1.165, 1.54) is 0 Å². The van der Waals surface area contributed by atoms with Crippen LogP contribution in [0.1, 0.15) is 17.5 Å². The van der Waals surface area contributed by atoms with Gasteiger partial charge in [0, 0.05) is 36.7 Å². The lowest BCUT2D eigenvalue weighted by Gasteiger charge is -2.37. The number of hydrogen-bond acceptors (Lipinski definition) is 4. The van der Waals surface area contributed by atoms with Crippen LogP contribution in [0.2, 0.25) is 0 Å². The third-order valence-electron chi connectivity index (χ3n) is 3.84. The third-order valence-corrected chi connectivity index (χ3v) is 3.84. The number of benzene rings is 1. The number of nitrogen functional groups attached to an aromatic ring is 1. The summed E-state index contributed by atoms with van der Waals surface area (Å²) in [6.45, 7) is 4.58. The monoisotopic (exact) mass is 273 g/mol. The number of anilines is 1. The van der Waals surface area contributed by atoms with Crippen LogP contribution in [0.3, 0.4) is 0 Å². The Morgan fingerprint density at radius 2 is 2.15 bits per heavy atom. The van der Waals surface area contributed by atoms with Crippen LogP contribution in [0.4, 0.5) is 5.69 Å². The molecule has 1 aromatic heterocycles. The molecule has 0 spiro atoms. The minimum absolute atomic E-state index is 0.0413. The maximum atomic E-state index is 12.6. The van der Waals surface area contributed by atoms with Crippen molar-refractivity contribution in [1.82, 2.24) is 9.80 Å². The predicted octanol–water partition coefficient (Wildman–Crippen LogP) is 1.79. The van der Waals surface area contributed by atoms with E-state index in [0.717, 1.165) is 25.0 Å². The van der Waals surface area contributed by atoms with Gasteiger partial charge in [-0.15, -0.1) is 0 Å². The fraction of sp³-hybridized carbons (Fsp3) is 0.400. The highest BCUT2D eigenvalue weighted by molar-refractivity contribution is 5.96. The second kappa shape index (κ2) is 4.83. The lowest BCUT2D eigenvalue weighted by atomic mass is 10.2. The van der Waals surface area contributed by atoms with Gasteiger partial charge in [-0.3, -0.25) is 4.79 Å². The summed E-state index contributed by atoms with van der Waals surface area (Å²) in [5.41, 5.74) is 7.12. The SMILES string of the molecule is CC1CN(C)CCN1C(=O)c1cc2cc(N)ccc2o1. The molecule has 5 nitrogen and oxygen atoms in total. The van der Waals surface area contributed by atoms with E-state index in [-0.39, 0.29) is 11.9 Å². The lowest BCUT2D eigenvalue weighted by Crippen LogP contribution is -2.52. The van der Waals surface area contributed by atoms with Crippen molar-refractivity contribution in [2.45, 2.75) is 13.0 Å². The van der Waals surface area contributed by atoms with Gasteiger partial charge in [0.05, 0.1) is 0 Å². The van der Waals surface area contributed by atoms with Crippen LogP contribution in [-0.2, 0) is 0 Å². The Morgan fingerprint density at radius 3 is 2.90 bits per heavy atom. The molecule has 20 heavy (non-hydrogen) atoms. The topological polar surface area (TPSA) is 62.7 Å². The predicted molar refractivity (Wildman–Crippen MR) is 78.6 cm³/mol. The molecule has 1 saturated heterocycles. The zero-order valence-corrected chi connectivity index (χ0v) is 11.8. The van der Waals surface area contributed by atoms with Crippen LogP contribution in [0, 0.1) is 0 Å². The number of amides is 1. The van der Waals surface area contributed by atoms with Crippen molar-refractivity contribution in [2.24, 2.45) is 0 Å². The maximum absolute atomic E-state index is 12.6. The second-order valence-electron chi connectivity index (χ2n) is 5.52. The first-order chi connectivity index (χ1) is 9.54. The van der Waals surface area contributed by atoms with E-state index in [4.69, 9.17) is 10.2 Å². The van der Waals surface area contributed by atoms with E-state index in [1.807, 2.05) is 11.0 Å². The van der Waals surface area contributed by atoms with Crippen molar-refractivity contribution in [3.8, 4) is 0 Å². The van der Waals surface area contributed by atoms with Crippen LogP contribution in [0.25, 0.3) is 11.0 Å². The van der Waals surface area contributed by atoms with Crippen molar-refractivity contribution in [1.29, 1.82) is 0 Å². The summed E-state index contributed by atoms with van der Waals surface area (Å²) in [7, 11) is 2.07. The summed E-state index contributed by atoms with van der Waals surface area (Å²) in [4.78, 5) is 16.7. The molecule has 0 radical (unpaired) electrons. The van der Waals surface area contributed by atoms with Crippen LogP contribution in [0.15, 0.2) is 28.7 Å². The first-order valence-electron chi connectivity index (χ1n) is 6.83. The van der Waals surface area contributed by atoms with Gasteiger partial charge < -0.3 is 20.0 Å². The normalized spacial score (nSPS) is 20.5. The number of nitrogens with two attached hydrogens (primary N) is 1. The Balaban J connectivity index is 1.88. The summed E-state index contributed by atoms with van der Waals surface area (Å²) in [6.07, 6.45) is 0. The highest BCUT2D eigenvalue weighted by Gasteiger charge is 2.28. The maximum Gasteiger partial charge on any atom is 0.289 e. The molecule has 0 saturated carbocycles. The van der Waals surface area contributed by atoms with E-state index >= 15 is 0 Å². The number of carbonyl (C=O) groups is 1. The Morgan fingerprint density at radius 1 is 1.35 bits per heavy atom. The van der Waals surface area contributed by atoms with Crippen LogP contribution >= 0.6 is 0 Å². The number of fused-ring (bicyclic) bond motifs is 1. The number of piperazine rings is 1. The molecule has 106 valence electrons. The smallest absolute Gasteiger partial charge is 0.289 e. The van der Waals surface area contributed by atoms with Gasteiger partial charge in [-0.2, -0.15) is 0 Å². The van der Waals surface area contributed by atoms with Crippen LogP contribution in [-0.4, -0.2) is 48.4 Å². The highest BCUT2D eigenvalue weighted by atomic mass is 16.3. The number of likely N-dealkylation sites (N-methyl/N-ethyl adjacent to an activating group) is 1. The van der Waals surface area contributed by atoms with E-state index in [2.05, 4.69) is 18.9 Å². The molecule has 2 N–H and O–H groups in total. The largest absolute Gasteiger partial charge is 0.451 e. The molecule has 1 amide bonds. The quantitative estimate of drug-likeness (QED) is 0.805. The van der Waals surface area contributed by atoms with Gasteiger partial charge in [-0.1, -0.05) is 0 Å². The van der Waals surface area contributed by atoms with Crippen molar-refractivity contribution < 1.29 is 9.21 Å². The molecule has 5 heteroatoms. The average molecular weight is 273 g/mol. The summed E-state index contributed by atoms with van der Waals surface area (Å²) in [5, 5.41) is 0.870. The van der Waals surface area contributed by atoms with Gasteiger partial charge >= 0.3 is 0 Å². The van der Waals surface area contributed by atoms with E-state index in [0.29, 0.717) is 17.0 Å². The number of hydrogen-bond donors (Lipinski definition) is 1. The minimum Gasteiger partial charge on any atom is -0.451 e. The molecule has 1 unspecified atom stereocenters.